The number of nitrogens with two attached hydrogens (primary N) is 1. The zero-order valence-corrected chi connectivity index (χ0v) is 21.2. The van der Waals surface area contributed by atoms with Gasteiger partial charge in [0, 0.05) is 22.5 Å². The highest BCUT2D eigenvalue weighted by Crippen LogP contribution is 2.30. The van der Waals surface area contributed by atoms with E-state index in [1.54, 1.807) is 24.3 Å². The lowest BCUT2D eigenvalue weighted by Gasteiger charge is -2.35. The first-order chi connectivity index (χ1) is 16.9. The Hall–Kier alpha value is -2.57. The quantitative estimate of drug-likeness (QED) is 0.440. The van der Waals surface area contributed by atoms with Crippen LogP contribution in [0.4, 0.5) is 13.2 Å². The first-order valence-electron chi connectivity index (χ1n) is 11.3. The molecule has 3 rings (SSSR count). The van der Waals surface area contributed by atoms with E-state index in [9.17, 15) is 31.2 Å². The van der Waals surface area contributed by atoms with Crippen LogP contribution in [-0.2, 0) is 20.8 Å². The van der Waals surface area contributed by atoms with Gasteiger partial charge in [0.05, 0.1) is 22.8 Å². The molecule has 2 amide bonds. The molecule has 196 valence electrons. The molecule has 36 heavy (non-hydrogen) atoms. The summed E-state index contributed by atoms with van der Waals surface area (Å²) in [5.74, 6) is -2.01. The van der Waals surface area contributed by atoms with Crippen LogP contribution < -0.4 is 16.4 Å². The van der Waals surface area contributed by atoms with Crippen LogP contribution in [0, 0.1) is 5.92 Å². The second kappa shape index (κ2) is 11.7. The van der Waals surface area contributed by atoms with Gasteiger partial charge in [-0.2, -0.15) is 13.2 Å². The van der Waals surface area contributed by atoms with Gasteiger partial charge in [0.1, 0.15) is 0 Å². The minimum atomic E-state index is -4.60. The summed E-state index contributed by atoms with van der Waals surface area (Å²) in [5, 5.41) is 5.08. The molecule has 1 aliphatic carbocycles. The monoisotopic (exact) mass is 543 g/mol. The van der Waals surface area contributed by atoms with Crippen LogP contribution in [0.25, 0.3) is 0 Å². The Morgan fingerprint density at radius 3 is 2.44 bits per heavy atom. The average molecular weight is 544 g/mol. The highest BCUT2D eigenvalue weighted by Gasteiger charge is 2.34. The number of carbonyl (C=O) groups excluding carboxylic acids is 2. The summed E-state index contributed by atoms with van der Waals surface area (Å²) >= 11 is 1.50. The predicted molar refractivity (Wildman–Crippen MR) is 131 cm³/mol. The van der Waals surface area contributed by atoms with Crippen molar-refractivity contribution in [3.8, 4) is 0 Å². The van der Waals surface area contributed by atoms with Crippen molar-refractivity contribution >= 4 is 33.4 Å². The normalized spacial score (nSPS) is 20.5. The van der Waals surface area contributed by atoms with E-state index in [1.165, 1.54) is 17.8 Å². The van der Waals surface area contributed by atoms with Crippen LogP contribution in [0.2, 0.25) is 0 Å². The Kier molecular flexibility index (Phi) is 9.07. The molecule has 0 aromatic heterocycles. The highest BCUT2D eigenvalue weighted by atomic mass is 32.2. The molecule has 0 radical (unpaired) electrons. The van der Waals surface area contributed by atoms with E-state index in [1.807, 2.05) is 6.26 Å². The number of rotatable bonds is 8. The molecule has 2 aromatic carbocycles. The average Bonchev–Trinajstić information content (AvgIpc) is 2.83. The molecule has 0 aliphatic heterocycles. The van der Waals surface area contributed by atoms with Gasteiger partial charge in [0.2, 0.25) is 5.91 Å². The second-order valence-electron chi connectivity index (χ2n) is 8.73. The minimum Gasteiger partial charge on any atom is -0.352 e. The topological polar surface area (TPSA) is 118 Å². The summed E-state index contributed by atoms with van der Waals surface area (Å²) in [6.45, 7) is -0.465. The Morgan fingerprint density at radius 2 is 1.81 bits per heavy atom. The van der Waals surface area contributed by atoms with E-state index >= 15 is 0 Å². The fourth-order valence-corrected chi connectivity index (χ4v) is 6.28. The van der Waals surface area contributed by atoms with Crippen LogP contribution in [-0.4, -0.2) is 50.9 Å². The van der Waals surface area contributed by atoms with E-state index in [0.29, 0.717) is 25.3 Å². The largest absolute Gasteiger partial charge is 0.416 e. The van der Waals surface area contributed by atoms with Gasteiger partial charge in [0.15, 0.2) is 9.84 Å². The van der Waals surface area contributed by atoms with Gasteiger partial charge in [-0.25, -0.2) is 8.42 Å². The molecule has 0 saturated heterocycles. The Labute approximate surface area is 212 Å². The Balaban J connectivity index is 1.62. The van der Waals surface area contributed by atoms with Crippen LogP contribution in [0.3, 0.4) is 0 Å². The maximum atomic E-state index is 13.0. The molecule has 1 saturated carbocycles. The highest BCUT2D eigenvalue weighted by molar-refractivity contribution is 7.98. The van der Waals surface area contributed by atoms with Crippen LogP contribution in [0.15, 0.2) is 58.3 Å². The van der Waals surface area contributed by atoms with E-state index in [0.717, 1.165) is 17.0 Å². The zero-order valence-electron chi connectivity index (χ0n) is 19.5. The Bertz CT molecular complexity index is 1190. The summed E-state index contributed by atoms with van der Waals surface area (Å²) in [6, 6.07) is 9.81. The second-order valence-corrected chi connectivity index (χ2v) is 11.6. The van der Waals surface area contributed by atoms with Gasteiger partial charge in [0.25, 0.3) is 5.91 Å². The third-order valence-corrected chi connectivity index (χ3v) is 8.68. The molecular weight excluding hydrogens is 515 g/mol. The maximum absolute atomic E-state index is 13.0. The molecule has 7 nitrogen and oxygen atoms in total. The number of hydrogen-bond acceptors (Lipinski definition) is 6. The molecule has 2 aromatic rings. The number of thioether (sulfide) groups is 1. The summed E-state index contributed by atoms with van der Waals surface area (Å²) in [4.78, 5) is 25.9. The van der Waals surface area contributed by atoms with Gasteiger partial charge >= 0.3 is 6.18 Å². The molecular formula is C24H28F3N3O4S2. The van der Waals surface area contributed by atoms with Gasteiger partial charge in [-0.05, 0) is 73.9 Å². The number of halogens is 3. The van der Waals surface area contributed by atoms with Crippen molar-refractivity contribution in [2.24, 2.45) is 11.7 Å². The summed E-state index contributed by atoms with van der Waals surface area (Å²) < 4.78 is 64.7. The SMILES string of the molecule is CSc1ccc(S(=O)(=O)C[C@H]2C[C@@H](N)CC[C@@H]2NC(=O)CNC(=O)c2cccc(C(F)(F)F)c2)cc1. The van der Waals surface area contributed by atoms with Gasteiger partial charge < -0.3 is 16.4 Å². The minimum absolute atomic E-state index is 0.192. The number of alkyl halides is 3. The van der Waals surface area contributed by atoms with Crippen LogP contribution >= 0.6 is 11.8 Å². The number of carbonyl (C=O) groups is 2. The van der Waals surface area contributed by atoms with Crippen LogP contribution in [0.1, 0.15) is 35.2 Å². The third-order valence-electron chi connectivity index (χ3n) is 6.08. The molecule has 1 aliphatic rings. The molecule has 0 bridgehead atoms. The van der Waals surface area contributed by atoms with Gasteiger partial charge in [-0.15, -0.1) is 11.8 Å². The van der Waals surface area contributed by atoms with Crippen molar-refractivity contribution in [1.82, 2.24) is 10.6 Å². The zero-order chi connectivity index (χ0) is 26.5. The number of hydrogen-bond donors (Lipinski definition) is 3. The fourth-order valence-electron chi connectivity index (χ4n) is 4.19. The molecule has 0 unspecified atom stereocenters. The maximum Gasteiger partial charge on any atom is 0.416 e. The van der Waals surface area contributed by atoms with Crippen LogP contribution in [0.5, 0.6) is 0 Å². The van der Waals surface area contributed by atoms with E-state index in [2.05, 4.69) is 10.6 Å². The number of amides is 2. The predicted octanol–water partition coefficient (Wildman–Crippen LogP) is 3.24. The third kappa shape index (κ3) is 7.47. The standard InChI is InChI=1S/C24H28F3N3O4S2/c1-35-19-6-8-20(9-7-19)36(33,34)14-16-12-18(28)5-10-21(16)30-22(31)13-29-23(32)15-3-2-4-17(11-15)24(25,26)27/h2-4,6-9,11,16,18,21H,5,10,12-14,28H2,1H3,(H,29,32)(H,30,31)/t16-,18+,21+/m1/s1. The summed E-state index contributed by atoms with van der Waals surface area (Å²) in [5.41, 5.74) is 4.88. The lowest BCUT2D eigenvalue weighted by atomic mass is 9.83. The summed E-state index contributed by atoms with van der Waals surface area (Å²) in [6.07, 6.45) is -1.23. The smallest absolute Gasteiger partial charge is 0.352 e. The van der Waals surface area contributed by atoms with Crippen molar-refractivity contribution in [2.75, 3.05) is 18.6 Å². The van der Waals surface area contributed by atoms with Crippen molar-refractivity contribution in [3.63, 3.8) is 0 Å². The molecule has 1 fully saturated rings. The molecule has 0 spiro atoms. The Morgan fingerprint density at radius 1 is 1.11 bits per heavy atom. The fraction of sp³-hybridized carbons (Fsp3) is 0.417. The van der Waals surface area contributed by atoms with Crippen molar-refractivity contribution in [1.29, 1.82) is 0 Å². The molecule has 4 N–H and O–H groups in total. The number of nitrogens with one attached hydrogen (secondary N) is 2. The summed E-state index contributed by atoms with van der Waals surface area (Å²) in [7, 11) is -3.63. The molecule has 12 heteroatoms. The number of sulfone groups is 1. The first-order valence-corrected chi connectivity index (χ1v) is 14.1. The van der Waals surface area contributed by atoms with Crippen molar-refractivity contribution in [2.45, 2.75) is 47.3 Å². The van der Waals surface area contributed by atoms with Crippen molar-refractivity contribution < 1.29 is 31.2 Å². The van der Waals surface area contributed by atoms with Gasteiger partial charge in [-0.3, -0.25) is 9.59 Å². The van der Waals surface area contributed by atoms with Gasteiger partial charge in [-0.1, -0.05) is 6.07 Å². The lowest BCUT2D eigenvalue weighted by molar-refractivity contribution is -0.137. The van der Waals surface area contributed by atoms with E-state index in [4.69, 9.17) is 5.73 Å². The number of benzene rings is 2. The van der Waals surface area contributed by atoms with Crippen molar-refractivity contribution in [3.05, 3.63) is 59.7 Å². The first kappa shape index (κ1) is 28.0. The molecule has 0 heterocycles. The van der Waals surface area contributed by atoms with E-state index < -0.39 is 51.9 Å². The molecule has 3 atom stereocenters. The lowest BCUT2D eigenvalue weighted by Crippen LogP contribution is -2.50. The van der Waals surface area contributed by atoms with E-state index in [-0.39, 0.29) is 22.3 Å².